The number of hydrogen-bond donors (Lipinski definition) is 2. The third kappa shape index (κ3) is 2.86. The molecule has 1 rings (SSSR count). The number of aliphatic hydroxyl groups is 1. The maximum atomic E-state index is 9.46. The van der Waals surface area contributed by atoms with Crippen molar-refractivity contribution in [3.8, 4) is 0 Å². The van der Waals surface area contributed by atoms with Gasteiger partial charge in [0, 0.05) is 18.3 Å². The quantitative estimate of drug-likeness (QED) is 0.700. The van der Waals surface area contributed by atoms with Gasteiger partial charge in [-0.3, -0.25) is 0 Å². The van der Waals surface area contributed by atoms with Crippen LogP contribution in [0.25, 0.3) is 0 Å². The van der Waals surface area contributed by atoms with Gasteiger partial charge in [0.05, 0.1) is 12.1 Å². The lowest BCUT2D eigenvalue weighted by Gasteiger charge is -2.32. The molecular formula is C10H22N2OS. The number of nitrogens with zero attached hydrogens (tertiary/aromatic N) is 1. The zero-order chi connectivity index (χ0) is 10.6. The van der Waals surface area contributed by atoms with Gasteiger partial charge in [0.15, 0.2) is 0 Å². The van der Waals surface area contributed by atoms with Crippen LogP contribution in [0.15, 0.2) is 0 Å². The molecule has 0 spiro atoms. The standard InChI is InChI=1S/C10H22N2OS/c1-9-10(8-13,4-7-14-9)11-5-6-12(2)3/h9,11,13H,4-8H2,1-3H3. The highest BCUT2D eigenvalue weighted by molar-refractivity contribution is 8.00. The fraction of sp³-hybridized carbons (Fsp3) is 1.00. The highest BCUT2D eigenvalue weighted by atomic mass is 32.2. The zero-order valence-corrected chi connectivity index (χ0v) is 10.2. The molecule has 1 saturated heterocycles. The molecule has 2 unspecified atom stereocenters. The largest absolute Gasteiger partial charge is 0.394 e. The van der Waals surface area contributed by atoms with Gasteiger partial charge in [-0.1, -0.05) is 6.92 Å². The molecule has 14 heavy (non-hydrogen) atoms. The maximum absolute atomic E-state index is 9.46. The molecule has 0 amide bonds. The number of nitrogens with one attached hydrogen (secondary N) is 1. The van der Waals surface area contributed by atoms with Crippen molar-refractivity contribution in [3.63, 3.8) is 0 Å². The summed E-state index contributed by atoms with van der Waals surface area (Å²) in [6, 6.07) is 0. The number of hydrogen-bond acceptors (Lipinski definition) is 4. The fourth-order valence-electron chi connectivity index (χ4n) is 1.80. The van der Waals surface area contributed by atoms with Crippen molar-refractivity contribution in [1.29, 1.82) is 0 Å². The monoisotopic (exact) mass is 218 g/mol. The topological polar surface area (TPSA) is 35.5 Å². The second-order valence-electron chi connectivity index (χ2n) is 4.31. The molecule has 1 aliphatic rings. The average molecular weight is 218 g/mol. The number of rotatable bonds is 5. The number of likely N-dealkylation sites (N-methyl/N-ethyl adjacent to an activating group) is 1. The Hall–Kier alpha value is 0.230. The summed E-state index contributed by atoms with van der Waals surface area (Å²) in [6.07, 6.45) is 1.09. The van der Waals surface area contributed by atoms with Crippen LogP contribution in [0, 0.1) is 0 Å². The van der Waals surface area contributed by atoms with Crippen LogP contribution in [0.2, 0.25) is 0 Å². The normalized spacial score (nSPS) is 32.8. The van der Waals surface area contributed by atoms with Gasteiger partial charge >= 0.3 is 0 Å². The lowest BCUT2D eigenvalue weighted by Crippen LogP contribution is -2.54. The Bertz CT molecular complexity index is 178. The molecule has 4 heteroatoms. The lowest BCUT2D eigenvalue weighted by atomic mass is 9.94. The van der Waals surface area contributed by atoms with Crippen molar-refractivity contribution >= 4 is 11.8 Å². The van der Waals surface area contributed by atoms with Crippen molar-refractivity contribution in [2.45, 2.75) is 24.1 Å². The second-order valence-corrected chi connectivity index (χ2v) is 5.76. The van der Waals surface area contributed by atoms with Gasteiger partial charge in [-0.2, -0.15) is 11.8 Å². The molecule has 0 aromatic carbocycles. The summed E-state index contributed by atoms with van der Waals surface area (Å²) in [7, 11) is 4.14. The van der Waals surface area contributed by atoms with Gasteiger partial charge < -0.3 is 15.3 Å². The van der Waals surface area contributed by atoms with Gasteiger partial charge in [0.25, 0.3) is 0 Å². The predicted octanol–water partition coefficient (Wildman–Crippen LogP) is 0.394. The summed E-state index contributed by atoms with van der Waals surface area (Å²) in [5, 5.41) is 13.5. The summed E-state index contributed by atoms with van der Waals surface area (Å²) >= 11 is 1.95. The molecule has 84 valence electrons. The molecule has 0 saturated carbocycles. The third-order valence-corrected chi connectivity index (χ3v) is 4.40. The van der Waals surface area contributed by atoms with Crippen LogP contribution >= 0.6 is 11.8 Å². The molecule has 0 bridgehead atoms. The average Bonchev–Trinajstić information content (AvgIpc) is 2.48. The van der Waals surface area contributed by atoms with Crippen LogP contribution in [-0.2, 0) is 0 Å². The summed E-state index contributed by atoms with van der Waals surface area (Å²) in [6.45, 7) is 4.45. The molecule has 0 aromatic rings. The SMILES string of the molecule is CC1SCCC1(CO)NCCN(C)C. The molecule has 1 aliphatic heterocycles. The molecular weight excluding hydrogens is 196 g/mol. The van der Waals surface area contributed by atoms with E-state index >= 15 is 0 Å². The van der Waals surface area contributed by atoms with Crippen LogP contribution in [-0.4, -0.2) is 60.3 Å². The Kier molecular flexibility index (Phi) is 4.70. The Balaban J connectivity index is 2.37. The highest BCUT2D eigenvalue weighted by Crippen LogP contribution is 2.35. The summed E-state index contributed by atoms with van der Waals surface area (Å²) in [5.41, 5.74) is -0.0271. The first kappa shape index (κ1) is 12.3. The van der Waals surface area contributed by atoms with E-state index in [4.69, 9.17) is 0 Å². The van der Waals surface area contributed by atoms with Gasteiger partial charge in [0.1, 0.15) is 0 Å². The first-order valence-electron chi connectivity index (χ1n) is 5.23. The number of thioether (sulfide) groups is 1. The minimum absolute atomic E-state index is 0.0271. The van der Waals surface area contributed by atoms with E-state index in [0.717, 1.165) is 25.3 Å². The van der Waals surface area contributed by atoms with E-state index in [1.807, 2.05) is 11.8 Å². The van der Waals surface area contributed by atoms with E-state index in [1.54, 1.807) is 0 Å². The van der Waals surface area contributed by atoms with E-state index in [0.29, 0.717) is 5.25 Å². The Labute approximate surface area is 91.2 Å². The van der Waals surface area contributed by atoms with Crippen LogP contribution < -0.4 is 5.32 Å². The van der Waals surface area contributed by atoms with Crippen molar-refractivity contribution < 1.29 is 5.11 Å². The summed E-state index contributed by atoms with van der Waals surface area (Å²) < 4.78 is 0. The van der Waals surface area contributed by atoms with Crippen molar-refractivity contribution in [1.82, 2.24) is 10.2 Å². The van der Waals surface area contributed by atoms with E-state index in [-0.39, 0.29) is 12.1 Å². The van der Waals surface area contributed by atoms with E-state index < -0.39 is 0 Å². The van der Waals surface area contributed by atoms with E-state index in [9.17, 15) is 5.11 Å². The predicted molar refractivity (Wildman–Crippen MR) is 62.9 cm³/mol. The number of aliphatic hydroxyl groups excluding tert-OH is 1. The lowest BCUT2D eigenvalue weighted by molar-refractivity contribution is 0.159. The molecule has 0 aromatic heterocycles. The van der Waals surface area contributed by atoms with E-state index in [1.165, 1.54) is 0 Å². The molecule has 1 fully saturated rings. The van der Waals surface area contributed by atoms with Gasteiger partial charge in [0.2, 0.25) is 0 Å². The molecule has 3 nitrogen and oxygen atoms in total. The third-order valence-electron chi connectivity index (χ3n) is 3.01. The highest BCUT2D eigenvalue weighted by Gasteiger charge is 2.39. The molecule has 1 heterocycles. The summed E-state index contributed by atoms with van der Waals surface area (Å²) in [5.74, 6) is 1.16. The van der Waals surface area contributed by atoms with Crippen LogP contribution in [0.5, 0.6) is 0 Å². The zero-order valence-electron chi connectivity index (χ0n) is 9.42. The molecule has 2 atom stereocenters. The maximum Gasteiger partial charge on any atom is 0.0624 e. The second kappa shape index (κ2) is 5.35. The van der Waals surface area contributed by atoms with Gasteiger partial charge in [-0.25, -0.2) is 0 Å². The molecule has 2 N–H and O–H groups in total. The first-order chi connectivity index (χ1) is 6.60. The van der Waals surface area contributed by atoms with Crippen LogP contribution in [0.4, 0.5) is 0 Å². The minimum atomic E-state index is -0.0271. The fourth-order valence-corrected chi connectivity index (χ4v) is 3.24. The molecule has 0 aliphatic carbocycles. The Morgan fingerprint density at radius 2 is 2.29 bits per heavy atom. The van der Waals surface area contributed by atoms with Gasteiger partial charge in [-0.05, 0) is 26.3 Å². The first-order valence-corrected chi connectivity index (χ1v) is 6.28. The molecule has 0 radical (unpaired) electrons. The van der Waals surface area contributed by atoms with Crippen molar-refractivity contribution in [3.05, 3.63) is 0 Å². The Morgan fingerprint density at radius 3 is 2.71 bits per heavy atom. The van der Waals surface area contributed by atoms with Crippen molar-refractivity contribution in [2.24, 2.45) is 0 Å². The smallest absolute Gasteiger partial charge is 0.0624 e. The van der Waals surface area contributed by atoms with E-state index in [2.05, 4.69) is 31.2 Å². The van der Waals surface area contributed by atoms with Crippen LogP contribution in [0.3, 0.4) is 0 Å². The summed E-state index contributed by atoms with van der Waals surface area (Å²) in [4.78, 5) is 2.16. The Morgan fingerprint density at radius 1 is 1.57 bits per heavy atom. The van der Waals surface area contributed by atoms with Crippen LogP contribution in [0.1, 0.15) is 13.3 Å². The minimum Gasteiger partial charge on any atom is -0.394 e. The van der Waals surface area contributed by atoms with Crippen molar-refractivity contribution in [2.75, 3.05) is 39.5 Å². The van der Waals surface area contributed by atoms with Gasteiger partial charge in [-0.15, -0.1) is 0 Å².